The predicted molar refractivity (Wildman–Crippen MR) is 325 cm³/mol. The molecular weight excluding hydrogens is 933 g/mol. The normalized spacial score (nSPS) is 11.6. The molecule has 0 unspecified atom stereocenters. The molecule has 0 aliphatic rings. The van der Waals surface area contributed by atoms with Crippen LogP contribution in [0.15, 0.2) is 296 Å². The lowest BCUT2D eigenvalue weighted by Gasteiger charge is -2.26. The highest BCUT2D eigenvalue weighted by Gasteiger charge is 2.23. The van der Waals surface area contributed by atoms with Crippen molar-refractivity contribution in [2.75, 3.05) is 4.90 Å². The molecule has 0 aliphatic heterocycles. The highest BCUT2D eigenvalue weighted by atomic mass is 16.3. The second-order valence-electron chi connectivity index (χ2n) is 20.0. The van der Waals surface area contributed by atoms with E-state index in [9.17, 15) is 0 Å². The van der Waals surface area contributed by atoms with Gasteiger partial charge in [0.2, 0.25) is 0 Å². The number of anilines is 3. The minimum Gasteiger partial charge on any atom is -0.453 e. The first-order valence-corrected chi connectivity index (χ1v) is 26.4. The maximum Gasteiger partial charge on any atom is 0.159 e. The van der Waals surface area contributed by atoms with E-state index in [1.807, 2.05) is 0 Å². The molecule has 77 heavy (non-hydrogen) atoms. The van der Waals surface area contributed by atoms with E-state index in [2.05, 4.69) is 301 Å². The van der Waals surface area contributed by atoms with Crippen LogP contribution in [-0.2, 0) is 0 Å². The van der Waals surface area contributed by atoms with Gasteiger partial charge in [0, 0.05) is 44.2 Å². The molecule has 2 heterocycles. The van der Waals surface area contributed by atoms with E-state index in [4.69, 9.17) is 4.42 Å². The summed E-state index contributed by atoms with van der Waals surface area (Å²) in [5, 5.41) is 9.55. The highest BCUT2D eigenvalue weighted by molar-refractivity contribution is 6.24. The summed E-state index contributed by atoms with van der Waals surface area (Å²) in [6.45, 7) is 0. The van der Waals surface area contributed by atoms with Gasteiger partial charge in [0.1, 0.15) is 5.58 Å². The van der Waals surface area contributed by atoms with Crippen LogP contribution in [0, 0.1) is 0 Å². The Hall–Kier alpha value is -10.2. The lowest BCUT2D eigenvalue weighted by atomic mass is 9.96. The predicted octanol–water partition coefficient (Wildman–Crippen LogP) is 20.8. The van der Waals surface area contributed by atoms with Crippen molar-refractivity contribution in [1.29, 1.82) is 0 Å². The van der Waals surface area contributed by atoms with Crippen LogP contribution in [0.25, 0.3) is 127 Å². The maximum absolute atomic E-state index is 7.21. The summed E-state index contributed by atoms with van der Waals surface area (Å²) in [5.74, 6) is 0. The zero-order valence-corrected chi connectivity index (χ0v) is 42.0. The Labute approximate surface area is 446 Å². The largest absolute Gasteiger partial charge is 0.453 e. The number of hydrogen-bond donors (Lipinski definition) is 0. The number of fused-ring (bicyclic) bond motifs is 9. The molecule has 0 saturated heterocycles. The van der Waals surface area contributed by atoms with Crippen molar-refractivity contribution in [1.82, 2.24) is 4.57 Å². The summed E-state index contributed by atoms with van der Waals surface area (Å²) in [4.78, 5) is 2.35. The van der Waals surface area contributed by atoms with Crippen LogP contribution in [0.3, 0.4) is 0 Å². The molecule has 0 atom stereocenters. The summed E-state index contributed by atoms with van der Waals surface area (Å²) in [6, 6.07) is 105. The Bertz CT molecular complexity index is 4680. The fourth-order valence-corrected chi connectivity index (χ4v) is 11.9. The van der Waals surface area contributed by atoms with Gasteiger partial charge in [-0.25, -0.2) is 0 Å². The summed E-state index contributed by atoms with van der Waals surface area (Å²) in [7, 11) is 0. The van der Waals surface area contributed by atoms with Crippen LogP contribution in [0.2, 0.25) is 0 Å². The average molecular weight is 981 g/mol. The van der Waals surface area contributed by atoms with Gasteiger partial charge >= 0.3 is 0 Å². The van der Waals surface area contributed by atoms with Crippen molar-refractivity contribution < 1.29 is 4.42 Å². The highest BCUT2D eigenvalue weighted by Crippen LogP contribution is 2.47. The molecule has 0 radical (unpaired) electrons. The zero-order valence-electron chi connectivity index (χ0n) is 42.0. The molecule has 0 N–H and O–H groups in total. The molecule has 2 aromatic heterocycles. The molecule has 0 saturated carbocycles. The van der Waals surface area contributed by atoms with Gasteiger partial charge in [-0.3, -0.25) is 0 Å². The molecule has 0 spiro atoms. The average Bonchev–Trinajstić information content (AvgIpc) is 4.16. The lowest BCUT2D eigenvalue weighted by Crippen LogP contribution is -2.10. The summed E-state index contributed by atoms with van der Waals surface area (Å²) < 4.78 is 9.58. The molecule has 3 heteroatoms. The number of furan rings is 1. The number of nitrogens with zero attached hydrogens (tertiary/aromatic N) is 2. The van der Waals surface area contributed by atoms with E-state index in [-0.39, 0.29) is 0 Å². The first kappa shape index (κ1) is 44.3. The van der Waals surface area contributed by atoms with Gasteiger partial charge in [0.15, 0.2) is 5.58 Å². The van der Waals surface area contributed by atoms with Gasteiger partial charge in [-0.05, 0) is 138 Å². The molecule has 3 nitrogen and oxygen atoms in total. The first-order chi connectivity index (χ1) is 38.2. The molecule has 0 fully saturated rings. The van der Waals surface area contributed by atoms with Crippen molar-refractivity contribution >= 4 is 82.4 Å². The number of rotatable bonds is 9. The summed E-state index contributed by atoms with van der Waals surface area (Å²) >= 11 is 0. The molecule has 13 aromatic carbocycles. The van der Waals surface area contributed by atoms with E-state index in [1.54, 1.807) is 0 Å². The zero-order chi connectivity index (χ0) is 50.8. The topological polar surface area (TPSA) is 21.3 Å². The van der Waals surface area contributed by atoms with E-state index >= 15 is 0 Å². The molecule has 15 rings (SSSR count). The number of hydrogen-bond acceptors (Lipinski definition) is 2. The lowest BCUT2D eigenvalue weighted by molar-refractivity contribution is 0.670. The molecule has 0 amide bonds. The van der Waals surface area contributed by atoms with Crippen molar-refractivity contribution in [2.45, 2.75) is 0 Å². The quantitative estimate of drug-likeness (QED) is 0.144. The van der Waals surface area contributed by atoms with E-state index in [0.717, 1.165) is 61.3 Å². The molecule has 0 bridgehead atoms. The minimum atomic E-state index is 0.843. The van der Waals surface area contributed by atoms with E-state index in [1.165, 1.54) is 82.4 Å². The van der Waals surface area contributed by atoms with Crippen molar-refractivity contribution in [2.24, 2.45) is 0 Å². The fourth-order valence-electron chi connectivity index (χ4n) is 11.9. The summed E-state index contributed by atoms with van der Waals surface area (Å²) in [6.07, 6.45) is 0. The Morgan fingerprint density at radius 1 is 0.273 bits per heavy atom. The molecular formula is C74H48N2O. The van der Waals surface area contributed by atoms with Gasteiger partial charge in [0.25, 0.3) is 0 Å². The van der Waals surface area contributed by atoms with E-state index < -0.39 is 0 Å². The van der Waals surface area contributed by atoms with Gasteiger partial charge in [-0.2, -0.15) is 0 Å². The Balaban J connectivity index is 0.775. The molecule has 15 aromatic rings. The molecule has 360 valence electrons. The van der Waals surface area contributed by atoms with Crippen LogP contribution in [0.5, 0.6) is 0 Å². The van der Waals surface area contributed by atoms with Crippen LogP contribution >= 0.6 is 0 Å². The SMILES string of the molecule is c1ccc(-c2cc3ccccc3c3c2oc2c(N(c4ccc(-c5ccc(-c6ccc(-c7ccc8c(c7)c7ccccc7n8-c7ccccc7)cc6)cc5)cc4)c4ccc(-c5cccc6ccccc56)cc4)cccc23)cc1. The number of aromatic nitrogens is 1. The smallest absolute Gasteiger partial charge is 0.159 e. The summed E-state index contributed by atoms with van der Waals surface area (Å²) in [5.41, 5.74) is 20.0. The van der Waals surface area contributed by atoms with Crippen LogP contribution in [0.1, 0.15) is 0 Å². The second kappa shape index (κ2) is 18.3. The van der Waals surface area contributed by atoms with Gasteiger partial charge in [-0.1, -0.05) is 224 Å². The van der Waals surface area contributed by atoms with Crippen molar-refractivity contribution in [3.05, 3.63) is 291 Å². The van der Waals surface area contributed by atoms with Gasteiger partial charge in [-0.15, -0.1) is 0 Å². The molecule has 0 aliphatic carbocycles. The Morgan fingerprint density at radius 2 is 0.753 bits per heavy atom. The van der Waals surface area contributed by atoms with E-state index in [0.29, 0.717) is 0 Å². The third-order valence-corrected chi connectivity index (χ3v) is 15.6. The van der Waals surface area contributed by atoms with Crippen molar-refractivity contribution in [3.8, 4) is 61.3 Å². The third-order valence-electron chi connectivity index (χ3n) is 15.6. The minimum absolute atomic E-state index is 0.843. The van der Waals surface area contributed by atoms with Crippen molar-refractivity contribution in [3.63, 3.8) is 0 Å². The van der Waals surface area contributed by atoms with Crippen LogP contribution in [0.4, 0.5) is 17.1 Å². The van der Waals surface area contributed by atoms with Gasteiger partial charge in [0.05, 0.1) is 16.7 Å². The third kappa shape index (κ3) is 7.59. The first-order valence-electron chi connectivity index (χ1n) is 26.4. The monoisotopic (exact) mass is 980 g/mol. The number of benzene rings is 13. The standard InChI is InChI=1S/C74H48N2O/c1-3-15-55(16-4-1)67-48-58-18-8-10-23-64(58)72-66-26-14-28-71(73(66)77-74(67)72)75(61-44-39-56(40-45-61)63-25-13-19-54-17-7-9-22-62(54)63)60-42-37-52(38-43-60)51-31-29-49(30-32-51)50-33-35-53(36-34-50)57-41-46-70-68(47-57)65-24-11-12-27-69(65)76(70)59-20-5-2-6-21-59/h1-48H. The van der Waals surface area contributed by atoms with Crippen LogP contribution < -0.4 is 4.90 Å². The van der Waals surface area contributed by atoms with Crippen LogP contribution in [-0.4, -0.2) is 4.57 Å². The Kier molecular flexibility index (Phi) is 10.5. The number of para-hydroxylation sites is 3. The second-order valence-corrected chi connectivity index (χ2v) is 20.0. The van der Waals surface area contributed by atoms with Gasteiger partial charge < -0.3 is 13.9 Å². The Morgan fingerprint density at radius 3 is 1.44 bits per heavy atom. The fraction of sp³-hybridized carbons (Fsp3) is 0. The maximum atomic E-state index is 7.21.